The van der Waals surface area contributed by atoms with Crippen molar-refractivity contribution >= 4 is 11.3 Å². The average molecular weight is 156 g/mol. The molecule has 0 saturated heterocycles. The molecule has 1 N–H and O–H groups in total. The molecule has 1 radical (unpaired) electrons. The van der Waals surface area contributed by atoms with Crippen LogP contribution in [-0.4, -0.2) is 13.1 Å². The van der Waals surface area contributed by atoms with Crippen molar-refractivity contribution < 1.29 is 0 Å². The Kier molecular flexibility index (Phi) is 8.37. The van der Waals surface area contributed by atoms with Gasteiger partial charge < -0.3 is 5.32 Å². The minimum atomic E-state index is 1.09. The largest absolute Gasteiger partial charge is 0.317 e. The third-order valence-corrected chi connectivity index (χ3v) is 1.44. The lowest BCUT2D eigenvalue weighted by Crippen LogP contribution is -2.09. The molecular weight excluding hydrogens is 142 g/mol. The maximum absolute atomic E-state index is 3.11. The van der Waals surface area contributed by atoms with Crippen molar-refractivity contribution in [1.82, 2.24) is 5.32 Å². The van der Waals surface area contributed by atoms with Crippen molar-refractivity contribution in [2.75, 3.05) is 13.1 Å². The molecule has 1 heterocycles. The molecule has 0 aliphatic carbocycles. The molecule has 0 aromatic carbocycles. The molecule has 10 heavy (non-hydrogen) atoms. The van der Waals surface area contributed by atoms with Crippen molar-refractivity contribution in [2.45, 2.75) is 13.8 Å². The monoisotopic (exact) mass is 156 g/mol. The van der Waals surface area contributed by atoms with E-state index in [2.05, 4.69) is 24.5 Å². The first kappa shape index (κ1) is 9.66. The minimum Gasteiger partial charge on any atom is -0.317 e. The van der Waals surface area contributed by atoms with Gasteiger partial charge in [-0.15, -0.1) is 11.3 Å². The minimum absolute atomic E-state index is 1.09. The fourth-order valence-corrected chi connectivity index (χ4v) is 0.839. The maximum Gasteiger partial charge on any atom is 0.0442 e. The molecule has 0 bridgehead atoms. The van der Waals surface area contributed by atoms with Gasteiger partial charge in [0, 0.05) is 5.38 Å². The summed E-state index contributed by atoms with van der Waals surface area (Å²) in [7, 11) is 0. The van der Waals surface area contributed by atoms with E-state index in [1.165, 1.54) is 0 Å². The van der Waals surface area contributed by atoms with Gasteiger partial charge in [-0.2, -0.15) is 0 Å². The molecule has 0 amide bonds. The van der Waals surface area contributed by atoms with Crippen molar-refractivity contribution in [3.8, 4) is 0 Å². The highest BCUT2D eigenvalue weighted by molar-refractivity contribution is 7.07. The van der Waals surface area contributed by atoms with E-state index >= 15 is 0 Å². The molecule has 1 nitrogen and oxygen atoms in total. The van der Waals surface area contributed by atoms with Crippen LogP contribution in [0.3, 0.4) is 0 Å². The Bertz CT molecular complexity index is 95.6. The predicted molar refractivity (Wildman–Crippen MR) is 47.4 cm³/mol. The van der Waals surface area contributed by atoms with Crippen LogP contribution in [0.4, 0.5) is 0 Å². The van der Waals surface area contributed by atoms with Gasteiger partial charge in [0.1, 0.15) is 0 Å². The van der Waals surface area contributed by atoms with Crippen LogP contribution in [0.25, 0.3) is 0 Å². The summed E-state index contributed by atoms with van der Waals surface area (Å²) in [5, 5.41) is 8.00. The Labute approximate surface area is 67.1 Å². The third-order valence-electron chi connectivity index (χ3n) is 0.879. The fraction of sp³-hybridized carbons (Fsp3) is 0.500. The standard InChI is InChI=1S/C4H11N.C4H3S/c1-3-5-4-2;1-2-4-5-3-1/h5H,3-4H2,1-2H3;1-3H. The van der Waals surface area contributed by atoms with E-state index in [9.17, 15) is 0 Å². The number of hydrogen-bond donors (Lipinski definition) is 1. The van der Waals surface area contributed by atoms with Gasteiger partial charge in [0.15, 0.2) is 0 Å². The highest BCUT2D eigenvalue weighted by atomic mass is 32.1. The first-order valence-electron chi connectivity index (χ1n) is 3.52. The summed E-state index contributed by atoms with van der Waals surface area (Å²) in [6.07, 6.45) is 0. The van der Waals surface area contributed by atoms with Gasteiger partial charge in [-0.05, 0) is 24.5 Å². The van der Waals surface area contributed by atoms with E-state index in [1.807, 2.05) is 17.5 Å². The van der Waals surface area contributed by atoms with Gasteiger partial charge in [-0.3, -0.25) is 0 Å². The van der Waals surface area contributed by atoms with Crippen LogP contribution < -0.4 is 5.32 Å². The molecular formula is C8H14NS. The second-order valence-corrected chi connectivity index (χ2v) is 2.43. The summed E-state index contributed by atoms with van der Waals surface area (Å²) >= 11 is 1.59. The summed E-state index contributed by atoms with van der Waals surface area (Å²) < 4.78 is 0. The van der Waals surface area contributed by atoms with Gasteiger partial charge >= 0.3 is 0 Å². The van der Waals surface area contributed by atoms with E-state index in [0.717, 1.165) is 13.1 Å². The van der Waals surface area contributed by atoms with E-state index in [0.29, 0.717) is 0 Å². The van der Waals surface area contributed by atoms with Gasteiger partial charge in [-0.25, -0.2) is 0 Å². The SMILES string of the molecule is CCNCC.[c]1cccs1. The Balaban J connectivity index is 0.000000162. The van der Waals surface area contributed by atoms with E-state index in [4.69, 9.17) is 0 Å². The van der Waals surface area contributed by atoms with Crippen LogP contribution in [0.1, 0.15) is 13.8 Å². The number of rotatable bonds is 2. The summed E-state index contributed by atoms with van der Waals surface area (Å²) in [6.45, 7) is 6.39. The van der Waals surface area contributed by atoms with Crippen molar-refractivity contribution in [2.24, 2.45) is 0 Å². The van der Waals surface area contributed by atoms with E-state index in [1.54, 1.807) is 11.3 Å². The molecule has 2 heteroatoms. The molecule has 1 aromatic heterocycles. The topological polar surface area (TPSA) is 12.0 Å². The van der Waals surface area contributed by atoms with Gasteiger partial charge in [-0.1, -0.05) is 19.9 Å². The van der Waals surface area contributed by atoms with Crippen LogP contribution >= 0.6 is 11.3 Å². The van der Waals surface area contributed by atoms with Gasteiger partial charge in [0.05, 0.1) is 0 Å². The summed E-state index contributed by atoms with van der Waals surface area (Å²) in [4.78, 5) is 0. The quantitative estimate of drug-likeness (QED) is 0.692. The number of hydrogen-bond acceptors (Lipinski definition) is 2. The van der Waals surface area contributed by atoms with Crippen LogP contribution in [0.2, 0.25) is 0 Å². The van der Waals surface area contributed by atoms with Crippen molar-refractivity contribution in [3.63, 3.8) is 0 Å². The van der Waals surface area contributed by atoms with E-state index in [-0.39, 0.29) is 0 Å². The van der Waals surface area contributed by atoms with Gasteiger partial charge in [0.25, 0.3) is 0 Å². The normalized spacial score (nSPS) is 8.20. The Morgan fingerprint density at radius 1 is 1.40 bits per heavy atom. The fourth-order valence-electron chi connectivity index (χ4n) is 0.446. The molecule has 1 aromatic rings. The zero-order chi connectivity index (χ0) is 7.66. The molecule has 0 unspecified atom stereocenters. The summed E-state index contributed by atoms with van der Waals surface area (Å²) in [5.41, 5.74) is 0. The molecule has 0 fully saturated rings. The second kappa shape index (κ2) is 8.66. The predicted octanol–water partition coefficient (Wildman–Crippen LogP) is 2.16. The highest BCUT2D eigenvalue weighted by Crippen LogP contribution is 1.90. The second-order valence-electron chi connectivity index (χ2n) is 1.69. The summed E-state index contributed by atoms with van der Waals surface area (Å²) in [5.74, 6) is 0. The molecule has 0 spiro atoms. The Morgan fingerprint density at radius 2 is 2.10 bits per heavy atom. The molecule has 57 valence electrons. The first-order chi connectivity index (χ1) is 4.91. The lowest BCUT2D eigenvalue weighted by Gasteiger charge is -1.86. The zero-order valence-corrected chi connectivity index (χ0v) is 7.37. The van der Waals surface area contributed by atoms with Crippen LogP contribution in [0, 0.1) is 5.38 Å². The first-order valence-corrected chi connectivity index (χ1v) is 4.40. The van der Waals surface area contributed by atoms with Crippen LogP contribution in [0.5, 0.6) is 0 Å². The molecule has 0 atom stereocenters. The Morgan fingerprint density at radius 3 is 2.20 bits per heavy atom. The van der Waals surface area contributed by atoms with Crippen molar-refractivity contribution in [1.29, 1.82) is 0 Å². The highest BCUT2D eigenvalue weighted by Gasteiger charge is 1.62. The number of thiophene rings is 1. The maximum atomic E-state index is 3.11. The Hall–Kier alpha value is -0.340. The van der Waals surface area contributed by atoms with Crippen LogP contribution in [0.15, 0.2) is 17.5 Å². The third kappa shape index (κ3) is 7.66. The lowest BCUT2D eigenvalue weighted by atomic mass is 10.7. The van der Waals surface area contributed by atoms with Gasteiger partial charge in [0.2, 0.25) is 0 Å². The molecule has 0 saturated carbocycles. The lowest BCUT2D eigenvalue weighted by molar-refractivity contribution is 0.762. The molecule has 0 aliphatic heterocycles. The van der Waals surface area contributed by atoms with Crippen molar-refractivity contribution in [3.05, 3.63) is 22.9 Å². The summed E-state index contributed by atoms with van der Waals surface area (Å²) in [6, 6.07) is 3.86. The smallest absolute Gasteiger partial charge is 0.0442 e. The molecule has 1 rings (SSSR count). The molecule has 0 aliphatic rings. The van der Waals surface area contributed by atoms with E-state index < -0.39 is 0 Å². The number of nitrogens with one attached hydrogen (secondary N) is 1. The average Bonchev–Trinajstić information content (AvgIpc) is 2.44. The van der Waals surface area contributed by atoms with Crippen LogP contribution in [-0.2, 0) is 0 Å². The zero-order valence-electron chi connectivity index (χ0n) is 6.55.